The van der Waals surface area contributed by atoms with Gasteiger partial charge in [-0.05, 0) is 19.1 Å². The topological polar surface area (TPSA) is 45.1 Å². The fourth-order valence-corrected chi connectivity index (χ4v) is 0.733. The first-order valence-corrected chi connectivity index (χ1v) is 3.61. The molecule has 0 aromatic carbocycles. The van der Waals surface area contributed by atoms with Crippen molar-refractivity contribution in [3.05, 3.63) is 24.5 Å². The highest BCUT2D eigenvalue weighted by Gasteiger charge is 1.93. The Bertz CT molecular complexity index is 199. The fourth-order valence-electron chi connectivity index (χ4n) is 0.733. The summed E-state index contributed by atoms with van der Waals surface area (Å²) >= 11 is 0. The van der Waals surface area contributed by atoms with Gasteiger partial charge in [-0.3, -0.25) is 4.98 Å². The SMILES string of the molecule is CC(O)CNc1cccnc1. The van der Waals surface area contributed by atoms with Gasteiger partial charge in [0.2, 0.25) is 0 Å². The van der Waals surface area contributed by atoms with E-state index in [1.165, 1.54) is 0 Å². The predicted octanol–water partition coefficient (Wildman–Crippen LogP) is 0.874. The molecule has 60 valence electrons. The summed E-state index contributed by atoms with van der Waals surface area (Å²) in [7, 11) is 0. The molecule has 0 bridgehead atoms. The van der Waals surface area contributed by atoms with Crippen LogP contribution in [0.5, 0.6) is 0 Å². The smallest absolute Gasteiger partial charge is 0.0684 e. The monoisotopic (exact) mass is 152 g/mol. The number of nitrogens with one attached hydrogen (secondary N) is 1. The molecule has 0 aliphatic heterocycles. The number of anilines is 1. The van der Waals surface area contributed by atoms with Crippen molar-refractivity contribution in [2.45, 2.75) is 13.0 Å². The average Bonchev–Trinajstić information content (AvgIpc) is 2.03. The molecule has 11 heavy (non-hydrogen) atoms. The molecular weight excluding hydrogens is 140 g/mol. The summed E-state index contributed by atoms with van der Waals surface area (Å²) in [5, 5.41) is 12.0. The molecule has 1 aromatic heterocycles. The summed E-state index contributed by atoms with van der Waals surface area (Å²) in [6.45, 7) is 2.30. The Kier molecular flexibility index (Phi) is 2.86. The van der Waals surface area contributed by atoms with Gasteiger partial charge in [0.1, 0.15) is 0 Å². The molecule has 0 radical (unpaired) electrons. The lowest BCUT2D eigenvalue weighted by atomic mass is 10.3. The second-order valence-corrected chi connectivity index (χ2v) is 2.47. The highest BCUT2D eigenvalue weighted by molar-refractivity contribution is 5.39. The van der Waals surface area contributed by atoms with Crippen molar-refractivity contribution in [3.63, 3.8) is 0 Å². The molecule has 0 aliphatic rings. The maximum absolute atomic E-state index is 8.93. The van der Waals surface area contributed by atoms with Crippen molar-refractivity contribution in [1.29, 1.82) is 0 Å². The van der Waals surface area contributed by atoms with Crippen molar-refractivity contribution in [3.8, 4) is 0 Å². The number of aliphatic hydroxyl groups excluding tert-OH is 1. The van der Waals surface area contributed by atoms with E-state index in [-0.39, 0.29) is 6.10 Å². The summed E-state index contributed by atoms with van der Waals surface area (Å²) in [6.07, 6.45) is 3.12. The zero-order chi connectivity index (χ0) is 8.10. The van der Waals surface area contributed by atoms with Crippen molar-refractivity contribution in [1.82, 2.24) is 4.98 Å². The molecule has 0 aliphatic carbocycles. The van der Waals surface area contributed by atoms with Crippen LogP contribution < -0.4 is 5.32 Å². The zero-order valence-electron chi connectivity index (χ0n) is 6.49. The largest absolute Gasteiger partial charge is 0.392 e. The van der Waals surface area contributed by atoms with E-state index in [0.717, 1.165) is 5.69 Å². The van der Waals surface area contributed by atoms with E-state index in [2.05, 4.69) is 10.3 Å². The van der Waals surface area contributed by atoms with E-state index < -0.39 is 0 Å². The maximum atomic E-state index is 8.93. The first kappa shape index (κ1) is 8.01. The molecule has 3 nitrogen and oxygen atoms in total. The molecule has 0 spiro atoms. The number of pyridine rings is 1. The third-order valence-electron chi connectivity index (χ3n) is 1.26. The molecule has 2 N–H and O–H groups in total. The van der Waals surface area contributed by atoms with Crippen LogP contribution in [0.2, 0.25) is 0 Å². The Labute approximate surface area is 66.1 Å². The van der Waals surface area contributed by atoms with Crippen LogP contribution in [0.4, 0.5) is 5.69 Å². The Morgan fingerprint density at radius 1 is 1.73 bits per heavy atom. The molecule has 0 saturated carbocycles. The van der Waals surface area contributed by atoms with E-state index in [0.29, 0.717) is 6.54 Å². The van der Waals surface area contributed by atoms with Gasteiger partial charge in [0, 0.05) is 18.9 Å². The molecule has 0 fully saturated rings. The molecule has 1 atom stereocenters. The van der Waals surface area contributed by atoms with Crippen LogP contribution in [0, 0.1) is 0 Å². The van der Waals surface area contributed by atoms with Gasteiger partial charge >= 0.3 is 0 Å². The van der Waals surface area contributed by atoms with Gasteiger partial charge in [-0.2, -0.15) is 0 Å². The summed E-state index contributed by atoms with van der Waals surface area (Å²) < 4.78 is 0. The molecular formula is C8H12N2O. The molecule has 1 rings (SSSR count). The second-order valence-electron chi connectivity index (χ2n) is 2.47. The fraction of sp³-hybridized carbons (Fsp3) is 0.375. The van der Waals surface area contributed by atoms with Crippen LogP contribution in [0.15, 0.2) is 24.5 Å². The van der Waals surface area contributed by atoms with E-state index >= 15 is 0 Å². The molecule has 1 unspecified atom stereocenters. The average molecular weight is 152 g/mol. The van der Waals surface area contributed by atoms with Crippen LogP contribution in [0.3, 0.4) is 0 Å². The summed E-state index contributed by atoms with van der Waals surface area (Å²) in [5.41, 5.74) is 0.938. The Morgan fingerprint density at radius 2 is 2.55 bits per heavy atom. The molecule has 3 heteroatoms. The Balaban J connectivity index is 2.39. The van der Waals surface area contributed by atoms with Crippen LogP contribution >= 0.6 is 0 Å². The highest BCUT2D eigenvalue weighted by Crippen LogP contribution is 2.01. The maximum Gasteiger partial charge on any atom is 0.0684 e. The predicted molar refractivity (Wildman–Crippen MR) is 44.4 cm³/mol. The van der Waals surface area contributed by atoms with Crippen molar-refractivity contribution in [2.75, 3.05) is 11.9 Å². The van der Waals surface area contributed by atoms with Gasteiger partial charge in [-0.1, -0.05) is 0 Å². The molecule has 1 aromatic rings. The zero-order valence-corrected chi connectivity index (χ0v) is 6.49. The van der Waals surface area contributed by atoms with Gasteiger partial charge in [0.25, 0.3) is 0 Å². The van der Waals surface area contributed by atoms with E-state index in [4.69, 9.17) is 5.11 Å². The van der Waals surface area contributed by atoms with Crippen molar-refractivity contribution >= 4 is 5.69 Å². The first-order valence-electron chi connectivity index (χ1n) is 3.61. The lowest BCUT2D eigenvalue weighted by Gasteiger charge is -2.06. The van der Waals surface area contributed by atoms with Gasteiger partial charge < -0.3 is 10.4 Å². The third-order valence-corrected chi connectivity index (χ3v) is 1.26. The van der Waals surface area contributed by atoms with Crippen molar-refractivity contribution < 1.29 is 5.11 Å². The standard InChI is InChI=1S/C8H12N2O/c1-7(11)5-10-8-3-2-4-9-6-8/h2-4,6-7,10-11H,5H2,1H3. The third kappa shape index (κ3) is 3.00. The highest BCUT2D eigenvalue weighted by atomic mass is 16.3. The van der Waals surface area contributed by atoms with Crippen LogP contribution in [0.25, 0.3) is 0 Å². The van der Waals surface area contributed by atoms with E-state index in [1.807, 2.05) is 12.1 Å². The number of hydrogen-bond acceptors (Lipinski definition) is 3. The number of aromatic nitrogens is 1. The minimum atomic E-state index is -0.324. The number of nitrogens with zero attached hydrogens (tertiary/aromatic N) is 1. The molecule has 0 saturated heterocycles. The summed E-state index contributed by atoms with van der Waals surface area (Å²) in [5.74, 6) is 0. The quantitative estimate of drug-likeness (QED) is 0.675. The second kappa shape index (κ2) is 3.93. The Morgan fingerprint density at radius 3 is 3.09 bits per heavy atom. The van der Waals surface area contributed by atoms with E-state index in [9.17, 15) is 0 Å². The number of rotatable bonds is 3. The lowest BCUT2D eigenvalue weighted by molar-refractivity contribution is 0.208. The van der Waals surface area contributed by atoms with Gasteiger partial charge in [0.15, 0.2) is 0 Å². The number of aliphatic hydroxyl groups is 1. The minimum Gasteiger partial charge on any atom is -0.392 e. The van der Waals surface area contributed by atoms with Crippen LogP contribution in [-0.2, 0) is 0 Å². The lowest BCUT2D eigenvalue weighted by Crippen LogP contribution is -2.15. The molecule has 1 heterocycles. The first-order chi connectivity index (χ1) is 5.29. The van der Waals surface area contributed by atoms with Crippen LogP contribution in [0.1, 0.15) is 6.92 Å². The Hall–Kier alpha value is -1.09. The summed E-state index contributed by atoms with van der Waals surface area (Å²) in [6, 6.07) is 3.76. The van der Waals surface area contributed by atoms with E-state index in [1.54, 1.807) is 19.3 Å². The minimum absolute atomic E-state index is 0.324. The van der Waals surface area contributed by atoms with Crippen LogP contribution in [-0.4, -0.2) is 22.7 Å². The van der Waals surface area contributed by atoms with Crippen molar-refractivity contribution in [2.24, 2.45) is 0 Å². The van der Waals surface area contributed by atoms with Gasteiger partial charge in [0.05, 0.1) is 11.8 Å². The van der Waals surface area contributed by atoms with Gasteiger partial charge in [-0.25, -0.2) is 0 Å². The molecule has 0 amide bonds. The van der Waals surface area contributed by atoms with Gasteiger partial charge in [-0.15, -0.1) is 0 Å². The normalized spacial score (nSPS) is 12.5. The summed E-state index contributed by atoms with van der Waals surface area (Å²) in [4.78, 5) is 3.92. The number of hydrogen-bond donors (Lipinski definition) is 2.